The molecule has 4 nitrogen and oxygen atoms in total. The van der Waals surface area contributed by atoms with E-state index >= 15 is 0 Å². The summed E-state index contributed by atoms with van der Waals surface area (Å²) in [6, 6.07) is 5.90. The van der Waals surface area contributed by atoms with E-state index in [0.29, 0.717) is 30.0 Å². The van der Waals surface area contributed by atoms with E-state index in [2.05, 4.69) is 19.2 Å². The highest BCUT2D eigenvalue weighted by Crippen LogP contribution is 2.26. The summed E-state index contributed by atoms with van der Waals surface area (Å²) in [4.78, 5) is 0. The number of aliphatic hydroxyl groups is 1. The summed E-state index contributed by atoms with van der Waals surface area (Å²) < 4.78 is 10.8. The van der Waals surface area contributed by atoms with Crippen molar-refractivity contribution < 1.29 is 14.6 Å². The molecule has 0 aliphatic heterocycles. The van der Waals surface area contributed by atoms with Crippen LogP contribution in [0.3, 0.4) is 0 Å². The van der Waals surface area contributed by atoms with Crippen molar-refractivity contribution in [1.29, 1.82) is 0 Å². The first kappa shape index (κ1) is 17.2. The molecule has 1 atom stereocenters. The van der Waals surface area contributed by atoms with Crippen molar-refractivity contribution in [3.63, 3.8) is 0 Å². The van der Waals surface area contributed by atoms with E-state index in [0.717, 1.165) is 5.56 Å². The van der Waals surface area contributed by atoms with E-state index in [1.54, 1.807) is 0 Å². The minimum Gasteiger partial charge on any atom is -0.490 e. The highest BCUT2D eigenvalue weighted by molar-refractivity contribution is 6.31. The molecule has 0 amide bonds. The van der Waals surface area contributed by atoms with Crippen LogP contribution in [0.1, 0.15) is 26.3 Å². The molecular formula is C15H24ClNO3. The largest absolute Gasteiger partial charge is 0.490 e. The molecule has 0 saturated heterocycles. The summed E-state index contributed by atoms with van der Waals surface area (Å²) in [6.07, 6.45) is -0.639. The number of aliphatic hydroxyl groups excluding tert-OH is 1. The Balaban J connectivity index is 2.61. The molecule has 0 aliphatic rings. The van der Waals surface area contributed by atoms with Crippen molar-refractivity contribution in [1.82, 2.24) is 5.32 Å². The molecule has 20 heavy (non-hydrogen) atoms. The molecule has 1 rings (SSSR count). The van der Waals surface area contributed by atoms with Crippen molar-refractivity contribution in [3.8, 4) is 5.75 Å². The summed E-state index contributed by atoms with van der Waals surface area (Å²) in [6.45, 7) is 7.71. The number of nitrogens with one attached hydrogen (secondary N) is 1. The van der Waals surface area contributed by atoms with E-state index in [1.807, 2.05) is 25.1 Å². The molecule has 1 aromatic carbocycles. The predicted molar refractivity (Wildman–Crippen MR) is 81.4 cm³/mol. The average Bonchev–Trinajstić information content (AvgIpc) is 2.41. The van der Waals surface area contributed by atoms with Gasteiger partial charge < -0.3 is 19.9 Å². The quantitative estimate of drug-likeness (QED) is 0.736. The van der Waals surface area contributed by atoms with Gasteiger partial charge in [0.2, 0.25) is 0 Å². The van der Waals surface area contributed by atoms with Crippen LogP contribution in [0, 0.1) is 0 Å². The molecule has 0 heterocycles. The van der Waals surface area contributed by atoms with Crippen molar-refractivity contribution in [2.45, 2.75) is 39.5 Å². The Hall–Kier alpha value is -0.810. The lowest BCUT2D eigenvalue weighted by molar-refractivity contribution is 0.0162. The van der Waals surface area contributed by atoms with Gasteiger partial charge in [0.15, 0.2) is 0 Å². The molecule has 5 heteroatoms. The lowest BCUT2D eigenvalue weighted by atomic mass is 10.2. The van der Waals surface area contributed by atoms with E-state index < -0.39 is 6.10 Å². The van der Waals surface area contributed by atoms with Gasteiger partial charge in [-0.05, 0) is 19.1 Å². The van der Waals surface area contributed by atoms with Crippen molar-refractivity contribution in [3.05, 3.63) is 28.8 Å². The molecule has 1 aromatic rings. The number of benzene rings is 1. The van der Waals surface area contributed by atoms with Crippen LogP contribution >= 0.6 is 11.6 Å². The van der Waals surface area contributed by atoms with Crippen LogP contribution < -0.4 is 10.1 Å². The Bertz CT molecular complexity index is 399. The Morgan fingerprint density at radius 3 is 2.70 bits per heavy atom. The second kappa shape index (κ2) is 9.19. The Labute approximate surface area is 126 Å². The smallest absolute Gasteiger partial charge is 0.125 e. The first-order chi connectivity index (χ1) is 9.54. The summed E-state index contributed by atoms with van der Waals surface area (Å²) in [5.41, 5.74) is 0.909. The van der Waals surface area contributed by atoms with Crippen LogP contribution in [-0.2, 0) is 11.3 Å². The molecule has 0 radical (unpaired) electrons. The zero-order valence-electron chi connectivity index (χ0n) is 12.4. The summed E-state index contributed by atoms with van der Waals surface area (Å²) in [5, 5.41) is 13.7. The molecule has 1 unspecified atom stereocenters. The van der Waals surface area contributed by atoms with E-state index in [9.17, 15) is 5.11 Å². The fourth-order valence-corrected chi connectivity index (χ4v) is 1.87. The molecule has 0 spiro atoms. The van der Waals surface area contributed by atoms with E-state index in [4.69, 9.17) is 21.1 Å². The molecule has 0 aromatic heterocycles. The van der Waals surface area contributed by atoms with Crippen LogP contribution in [0.25, 0.3) is 0 Å². The van der Waals surface area contributed by atoms with Gasteiger partial charge in [0.05, 0.1) is 6.61 Å². The zero-order valence-corrected chi connectivity index (χ0v) is 13.1. The lowest BCUT2D eigenvalue weighted by Crippen LogP contribution is -2.25. The third-order valence-corrected chi connectivity index (χ3v) is 3.06. The van der Waals surface area contributed by atoms with Gasteiger partial charge in [0.25, 0.3) is 0 Å². The molecular weight excluding hydrogens is 278 g/mol. The van der Waals surface area contributed by atoms with E-state index in [-0.39, 0.29) is 13.2 Å². The third kappa shape index (κ3) is 6.09. The van der Waals surface area contributed by atoms with Crippen molar-refractivity contribution in [2.75, 3.05) is 19.8 Å². The average molecular weight is 302 g/mol. The molecule has 2 N–H and O–H groups in total. The van der Waals surface area contributed by atoms with Gasteiger partial charge in [0, 0.05) is 29.8 Å². The monoisotopic (exact) mass is 301 g/mol. The number of hydrogen-bond acceptors (Lipinski definition) is 4. The number of rotatable bonds is 9. The van der Waals surface area contributed by atoms with Gasteiger partial charge in [-0.3, -0.25) is 0 Å². The molecule has 0 aliphatic carbocycles. The van der Waals surface area contributed by atoms with Crippen molar-refractivity contribution in [2.24, 2.45) is 0 Å². The fourth-order valence-electron chi connectivity index (χ4n) is 1.64. The minimum absolute atomic E-state index is 0.190. The van der Waals surface area contributed by atoms with Crippen LogP contribution in [0.15, 0.2) is 18.2 Å². The summed E-state index contributed by atoms with van der Waals surface area (Å²) in [7, 11) is 0. The molecule has 0 saturated carbocycles. The van der Waals surface area contributed by atoms with Gasteiger partial charge in [0.1, 0.15) is 18.5 Å². The number of ether oxygens (including phenoxy) is 2. The fraction of sp³-hybridized carbons (Fsp3) is 0.600. The van der Waals surface area contributed by atoms with Crippen LogP contribution in [0.2, 0.25) is 5.02 Å². The number of halogens is 1. The normalized spacial score (nSPS) is 12.7. The first-order valence-electron chi connectivity index (χ1n) is 6.94. The van der Waals surface area contributed by atoms with Gasteiger partial charge in [-0.2, -0.15) is 0 Å². The first-order valence-corrected chi connectivity index (χ1v) is 7.31. The van der Waals surface area contributed by atoms with Crippen molar-refractivity contribution >= 4 is 11.6 Å². The Morgan fingerprint density at radius 2 is 2.05 bits per heavy atom. The maximum atomic E-state index is 9.72. The molecule has 0 fully saturated rings. The standard InChI is InChI=1S/C15H24ClNO3/c1-4-19-9-12(18)10-20-15-7-5-6-14(16)13(15)8-17-11(2)3/h5-7,11-12,17-18H,4,8-10H2,1-3H3. The highest BCUT2D eigenvalue weighted by Gasteiger charge is 2.11. The van der Waals surface area contributed by atoms with Crippen LogP contribution in [0.5, 0.6) is 5.75 Å². The topological polar surface area (TPSA) is 50.7 Å². The lowest BCUT2D eigenvalue weighted by Gasteiger charge is -2.17. The third-order valence-electron chi connectivity index (χ3n) is 2.71. The SMILES string of the molecule is CCOCC(O)COc1cccc(Cl)c1CNC(C)C. The van der Waals surface area contributed by atoms with Gasteiger partial charge >= 0.3 is 0 Å². The van der Waals surface area contributed by atoms with Crippen LogP contribution in [-0.4, -0.2) is 37.1 Å². The molecule has 0 bridgehead atoms. The summed E-state index contributed by atoms with van der Waals surface area (Å²) in [5.74, 6) is 0.696. The van der Waals surface area contributed by atoms with Crippen LogP contribution in [0.4, 0.5) is 0 Å². The summed E-state index contributed by atoms with van der Waals surface area (Å²) >= 11 is 6.20. The minimum atomic E-state index is -0.639. The van der Waals surface area contributed by atoms with Gasteiger partial charge in [-0.25, -0.2) is 0 Å². The maximum absolute atomic E-state index is 9.72. The highest BCUT2D eigenvalue weighted by atomic mass is 35.5. The Morgan fingerprint density at radius 1 is 1.30 bits per heavy atom. The maximum Gasteiger partial charge on any atom is 0.125 e. The second-order valence-electron chi connectivity index (χ2n) is 4.88. The van der Waals surface area contributed by atoms with Gasteiger partial charge in [-0.15, -0.1) is 0 Å². The predicted octanol–water partition coefficient (Wildman–Crippen LogP) is 2.61. The second-order valence-corrected chi connectivity index (χ2v) is 5.28. The molecule has 114 valence electrons. The number of hydrogen-bond donors (Lipinski definition) is 2. The Kier molecular flexibility index (Phi) is 7.92. The zero-order chi connectivity index (χ0) is 15.0. The van der Waals surface area contributed by atoms with E-state index in [1.165, 1.54) is 0 Å². The van der Waals surface area contributed by atoms with Gasteiger partial charge in [-0.1, -0.05) is 31.5 Å².